The molecule has 0 spiro atoms. The summed E-state index contributed by atoms with van der Waals surface area (Å²) in [4.78, 5) is 12.6. The van der Waals surface area contributed by atoms with Gasteiger partial charge in [-0.1, -0.05) is 0 Å². The van der Waals surface area contributed by atoms with Crippen molar-refractivity contribution in [2.45, 2.75) is 0 Å². The van der Waals surface area contributed by atoms with Crippen LogP contribution in [0.15, 0.2) is 43.0 Å². The van der Waals surface area contributed by atoms with Crippen LogP contribution in [0, 0.1) is 11.3 Å². The van der Waals surface area contributed by atoms with Crippen molar-refractivity contribution in [3.05, 3.63) is 48.5 Å². The highest BCUT2D eigenvalue weighted by atomic mass is 16.5. The Kier molecular flexibility index (Phi) is 3.27. The van der Waals surface area contributed by atoms with Crippen LogP contribution in [0.5, 0.6) is 5.88 Å². The van der Waals surface area contributed by atoms with Crippen molar-refractivity contribution in [1.29, 1.82) is 5.26 Å². The van der Waals surface area contributed by atoms with Gasteiger partial charge in [-0.05, 0) is 18.2 Å². The van der Waals surface area contributed by atoms with Gasteiger partial charge in [-0.15, -0.1) is 0 Å². The van der Waals surface area contributed by atoms with Crippen molar-refractivity contribution in [2.75, 3.05) is 7.11 Å². The van der Waals surface area contributed by atoms with Crippen molar-refractivity contribution < 1.29 is 4.74 Å². The second-order valence-electron chi connectivity index (χ2n) is 4.10. The molecule has 7 heteroatoms. The SMILES string of the molecule is COc1ccc(-n2ncnc2-c2ccc(C#N)cn2)cn1. The average molecular weight is 278 g/mol. The first-order valence-corrected chi connectivity index (χ1v) is 6.09. The zero-order valence-electron chi connectivity index (χ0n) is 11.1. The van der Waals surface area contributed by atoms with Gasteiger partial charge in [0.05, 0.1) is 24.6 Å². The van der Waals surface area contributed by atoms with Gasteiger partial charge in [0.15, 0.2) is 5.82 Å². The summed E-state index contributed by atoms with van der Waals surface area (Å²) in [6.45, 7) is 0. The molecule has 0 amide bonds. The van der Waals surface area contributed by atoms with E-state index in [4.69, 9.17) is 10.00 Å². The summed E-state index contributed by atoms with van der Waals surface area (Å²) in [5, 5.41) is 13.0. The molecule has 102 valence electrons. The molecule has 0 bridgehead atoms. The molecule has 3 heterocycles. The largest absolute Gasteiger partial charge is 0.481 e. The van der Waals surface area contributed by atoms with Gasteiger partial charge in [0.2, 0.25) is 5.88 Å². The molecule has 7 nitrogen and oxygen atoms in total. The van der Waals surface area contributed by atoms with Crippen LogP contribution in [0.4, 0.5) is 0 Å². The minimum Gasteiger partial charge on any atom is -0.481 e. The molecule has 0 saturated carbocycles. The van der Waals surface area contributed by atoms with Gasteiger partial charge in [-0.2, -0.15) is 10.4 Å². The predicted octanol–water partition coefficient (Wildman–Crippen LogP) is 1.60. The zero-order valence-corrected chi connectivity index (χ0v) is 11.1. The third-order valence-corrected chi connectivity index (χ3v) is 2.84. The number of ether oxygens (including phenoxy) is 1. The Hall–Kier alpha value is -3.27. The van der Waals surface area contributed by atoms with Crippen LogP contribution in [-0.4, -0.2) is 31.8 Å². The Morgan fingerprint density at radius 3 is 2.62 bits per heavy atom. The lowest BCUT2D eigenvalue weighted by atomic mass is 10.2. The fraction of sp³-hybridized carbons (Fsp3) is 0.0714. The number of aromatic nitrogens is 5. The van der Waals surface area contributed by atoms with Gasteiger partial charge in [0.25, 0.3) is 0 Å². The van der Waals surface area contributed by atoms with Gasteiger partial charge < -0.3 is 4.74 Å². The monoisotopic (exact) mass is 278 g/mol. The van der Waals surface area contributed by atoms with Crippen molar-refractivity contribution in [3.8, 4) is 29.2 Å². The van der Waals surface area contributed by atoms with Crippen molar-refractivity contribution >= 4 is 0 Å². The first-order valence-electron chi connectivity index (χ1n) is 6.09. The molecular formula is C14H10N6O. The Labute approximate surface area is 120 Å². The Balaban J connectivity index is 2.01. The maximum absolute atomic E-state index is 8.80. The molecule has 0 aliphatic carbocycles. The second kappa shape index (κ2) is 5.38. The minimum absolute atomic E-state index is 0.496. The minimum atomic E-state index is 0.496. The van der Waals surface area contributed by atoms with E-state index >= 15 is 0 Å². The number of hydrogen-bond donors (Lipinski definition) is 0. The quantitative estimate of drug-likeness (QED) is 0.723. The van der Waals surface area contributed by atoms with E-state index in [1.165, 1.54) is 12.5 Å². The van der Waals surface area contributed by atoms with Gasteiger partial charge in [-0.3, -0.25) is 4.98 Å². The molecule has 21 heavy (non-hydrogen) atoms. The van der Waals surface area contributed by atoms with E-state index in [9.17, 15) is 0 Å². The topological polar surface area (TPSA) is 89.5 Å². The van der Waals surface area contributed by atoms with Crippen molar-refractivity contribution in [2.24, 2.45) is 0 Å². The van der Waals surface area contributed by atoms with Crippen LogP contribution < -0.4 is 4.74 Å². The third kappa shape index (κ3) is 2.42. The maximum atomic E-state index is 8.80. The summed E-state index contributed by atoms with van der Waals surface area (Å²) in [6.07, 6.45) is 4.58. The number of nitrogens with zero attached hydrogens (tertiary/aromatic N) is 6. The molecule has 0 unspecified atom stereocenters. The van der Waals surface area contributed by atoms with Crippen LogP contribution in [0.3, 0.4) is 0 Å². The van der Waals surface area contributed by atoms with E-state index in [0.29, 0.717) is 23.0 Å². The highest BCUT2D eigenvalue weighted by molar-refractivity contribution is 5.53. The van der Waals surface area contributed by atoms with E-state index in [-0.39, 0.29) is 0 Å². The Morgan fingerprint density at radius 1 is 1.10 bits per heavy atom. The number of nitriles is 1. The van der Waals surface area contributed by atoms with E-state index in [1.54, 1.807) is 36.2 Å². The molecule has 3 aromatic rings. The third-order valence-electron chi connectivity index (χ3n) is 2.84. The standard InChI is InChI=1S/C14H10N6O/c1-21-13-5-3-11(8-17-13)20-14(18-9-19-20)12-4-2-10(6-15)7-16-12/h2-5,7-9H,1H3. The highest BCUT2D eigenvalue weighted by Gasteiger charge is 2.11. The van der Waals surface area contributed by atoms with Crippen LogP contribution in [0.2, 0.25) is 0 Å². The lowest BCUT2D eigenvalue weighted by Crippen LogP contribution is -2.01. The average Bonchev–Trinajstić information content (AvgIpc) is 3.04. The maximum Gasteiger partial charge on any atom is 0.213 e. The molecule has 0 saturated heterocycles. The van der Waals surface area contributed by atoms with Crippen LogP contribution in [0.25, 0.3) is 17.2 Å². The summed E-state index contributed by atoms with van der Waals surface area (Å²) in [6, 6.07) is 9.02. The van der Waals surface area contributed by atoms with E-state index in [1.807, 2.05) is 12.1 Å². The number of hydrogen-bond acceptors (Lipinski definition) is 6. The van der Waals surface area contributed by atoms with Crippen molar-refractivity contribution in [1.82, 2.24) is 24.7 Å². The number of methoxy groups -OCH3 is 1. The lowest BCUT2D eigenvalue weighted by molar-refractivity contribution is 0.397. The Morgan fingerprint density at radius 2 is 2.00 bits per heavy atom. The molecule has 0 atom stereocenters. The number of pyridine rings is 2. The predicted molar refractivity (Wildman–Crippen MR) is 73.7 cm³/mol. The Bertz CT molecular complexity index is 786. The fourth-order valence-electron chi connectivity index (χ4n) is 1.82. The van der Waals surface area contributed by atoms with Crippen LogP contribution >= 0.6 is 0 Å². The van der Waals surface area contributed by atoms with Gasteiger partial charge in [-0.25, -0.2) is 14.6 Å². The summed E-state index contributed by atoms with van der Waals surface area (Å²) in [7, 11) is 1.56. The summed E-state index contributed by atoms with van der Waals surface area (Å²) < 4.78 is 6.65. The first kappa shape index (κ1) is 12.7. The molecule has 0 N–H and O–H groups in total. The normalized spacial score (nSPS) is 10.1. The highest BCUT2D eigenvalue weighted by Crippen LogP contribution is 2.18. The van der Waals surface area contributed by atoms with Gasteiger partial charge in [0, 0.05) is 12.3 Å². The molecule has 0 fully saturated rings. The lowest BCUT2D eigenvalue weighted by Gasteiger charge is -2.06. The van der Waals surface area contributed by atoms with Gasteiger partial charge in [0.1, 0.15) is 18.1 Å². The summed E-state index contributed by atoms with van der Waals surface area (Å²) in [5.74, 6) is 1.10. The molecule has 0 aliphatic rings. The first-order chi connectivity index (χ1) is 10.3. The summed E-state index contributed by atoms with van der Waals surface area (Å²) >= 11 is 0. The van der Waals surface area contributed by atoms with Crippen LogP contribution in [0.1, 0.15) is 5.56 Å². The molecule has 3 aromatic heterocycles. The van der Waals surface area contributed by atoms with E-state index in [2.05, 4.69) is 20.1 Å². The number of rotatable bonds is 3. The fourth-order valence-corrected chi connectivity index (χ4v) is 1.82. The van der Waals surface area contributed by atoms with Gasteiger partial charge >= 0.3 is 0 Å². The smallest absolute Gasteiger partial charge is 0.213 e. The second-order valence-corrected chi connectivity index (χ2v) is 4.10. The van der Waals surface area contributed by atoms with Crippen molar-refractivity contribution in [3.63, 3.8) is 0 Å². The molecule has 0 aromatic carbocycles. The van der Waals surface area contributed by atoms with E-state index < -0.39 is 0 Å². The molecular weight excluding hydrogens is 268 g/mol. The zero-order chi connectivity index (χ0) is 14.7. The molecule has 3 rings (SSSR count). The van der Waals surface area contributed by atoms with Crippen LogP contribution in [-0.2, 0) is 0 Å². The molecule has 0 aliphatic heterocycles. The summed E-state index contributed by atoms with van der Waals surface area (Å²) in [5.41, 5.74) is 1.87. The van der Waals surface area contributed by atoms with E-state index in [0.717, 1.165) is 5.69 Å². The molecule has 0 radical (unpaired) electrons.